The summed E-state index contributed by atoms with van der Waals surface area (Å²) in [6.45, 7) is 0.266. The molecule has 1 atom stereocenters. The molecule has 7 nitrogen and oxygen atoms in total. The Morgan fingerprint density at radius 1 is 1.33 bits per heavy atom. The van der Waals surface area contributed by atoms with Crippen LogP contribution in [0.3, 0.4) is 0 Å². The molecule has 0 saturated heterocycles. The first-order chi connectivity index (χ1) is 15.3. The van der Waals surface area contributed by atoms with Gasteiger partial charge in [0.1, 0.15) is 17.8 Å². The van der Waals surface area contributed by atoms with Crippen LogP contribution in [-0.2, 0) is 4.79 Å². The van der Waals surface area contributed by atoms with E-state index < -0.39 is 41.4 Å². The number of halogens is 4. The Labute approximate surface area is 187 Å². The van der Waals surface area contributed by atoms with Gasteiger partial charge in [0.25, 0.3) is 5.91 Å². The molecule has 0 aliphatic rings. The number of aliphatic hydroxyl groups is 1. The second kappa shape index (κ2) is 10.3. The molecule has 0 aliphatic carbocycles. The number of hydrogen-bond donors (Lipinski definition) is 3. The topological polar surface area (TPSA) is 109 Å². The molecule has 0 saturated carbocycles. The SMILES string of the molecule is CN(C=O)CC[C@@](C)(O)C#Cc1cccc(-c2nc(C(N)=O)c(NCC(F)(F)F)cc2F)c1. The molecule has 0 bridgehead atoms. The van der Waals surface area contributed by atoms with Gasteiger partial charge in [-0.2, -0.15) is 13.2 Å². The van der Waals surface area contributed by atoms with E-state index in [1.165, 1.54) is 30.0 Å². The van der Waals surface area contributed by atoms with Crippen molar-refractivity contribution in [1.29, 1.82) is 0 Å². The molecule has 1 aromatic heterocycles. The summed E-state index contributed by atoms with van der Waals surface area (Å²) < 4.78 is 52.1. The number of benzene rings is 1. The van der Waals surface area contributed by atoms with Gasteiger partial charge in [-0.25, -0.2) is 9.37 Å². The molecule has 0 spiro atoms. The summed E-state index contributed by atoms with van der Waals surface area (Å²) in [6, 6.07) is 6.77. The van der Waals surface area contributed by atoms with Gasteiger partial charge in [-0.3, -0.25) is 9.59 Å². The van der Waals surface area contributed by atoms with E-state index >= 15 is 0 Å². The lowest BCUT2D eigenvalue weighted by molar-refractivity contribution is -0.117. The Hall–Kier alpha value is -3.65. The van der Waals surface area contributed by atoms with Gasteiger partial charge in [0.15, 0.2) is 11.5 Å². The quantitative estimate of drug-likeness (QED) is 0.315. The molecule has 33 heavy (non-hydrogen) atoms. The zero-order valence-corrected chi connectivity index (χ0v) is 17.8. The fraction of sp³-hybridized carbons (Fsp3) is 0.318. The number of nitrogens with one attached hydrogen (secondary N) is 1. The maximum Gasteiger partial charge on any atom is 0.405 e. The summed E-state index contributed by atoms with van der Waals surface area (Å²) in [5.41, 5.74) is 3.07. The van der Waals surface area contributed by atoms with Crippen molar-refractivity contribution in [2.24, 2.45) is 5.73 Å². The smallest absolute Gasteiger partial charge is 0.378 e. The number of amides is 2. The number of alkyl halides is 3. The fourth-order valence-electron chi connectivity index (χ4n) is 2.67. The molecule has 2 amide bonds. The Kier molecular flexibility index (Phi) is 8.00. The monoisotopic (exact) mass is 466 g/mol. The third-order valence-electron chi connectivity index (χ3n) is 4.43. The standard InChI is InChI=1S/C22H22F4N4O3/c1-21(33,8-9-30(2)13-31)7-6-14-4-3-5-15(10-14)18-16(23)11-17(19(29-18)20(27)32)28-12-22(24,25)26/h3-5,10-11,13,28,33H,8-9,12H2,1-2H3,(H2,27,32)/t21-/m0/s1. The van der Waals surface area contributed by atoms with Gasteiger partial charge in [0.05, 0.1) is 5.69 Å². The van der Waals surface area contributed by atoms with Crippen molar-refractivity contribution in [3.63, 3.8) is 0 Å². The molecule has 2 rings (SSSR count). The molecule has 11 heteroatoms. The highest BCUT2D eigenvalue weighted by atomic mass is 19.4. The molecule has 0 unspecified atom stereocenters. The number of pyridine rings is 1. The second-order valence-corrected chi connectivity index (χ2v) is 7.49. The molecule has 4 N–H and O–H groups in total. The van der Waals surface area contributed by atoms with Gasteiger partial charge in [-0.05, 0) is 19.1 Å². The summed E-state index contributed by atoms with van der Waals surface area (Å²) in [5.74, 6) is 3.33. The number of carbonyl (C=O) groups excluding carboxylic acids is 2. The predicted octanol–water partition coefficient (Wildman–Crippen LogP) is 2.54. The first-order valence-corrected chi connectivity index (χ1v) is 9.64. The van der Waals surface area contributed by atoms with E-state index in [9.17, 15) is 32.3 Å². The van der Waals surface area contributed by atoms with E-state index in [0.29, 0.717) is 12.0 Å². The van der Waals surface area contributed by atoms with Crippen LogP contribution in [0.5, 0.6) is 0 Å². The number of carbonyl (C=O) groups is 2. The molecule has 0 fully saturated rings. The summed E-state index contributed by atoms with van der Waals surface area (Å²) in [6.07, 6.45) is -3.78. The van der Waals surface area contributed by atoms with Gasteiger partial charge >= 0.3 is 6.18 Å². The molecule has 176 valence electrons. The number of nitrogens with two attached hydrogens (primary N) is 1. The summed E-state index contributed by atoms with van der Waals surface area (Å²) >= 11 is 0. The van der Waals surface area contributed by atoms with Crippen molar-refractivity contribution in [3.05, 3.63) is 47.4 Å². The maximum absolute atomic E-state index is 14.7. The highest BCUT2D eigenvalue weighted by Crippen LogP contribution is 2.27. The van der Waals surface area contributed by atoms with Crippen LogP contribution in [0.15, 0.2) is 30.3 Å². The van der Waals surface area contributed by atoms with Crippen molar-refractivity contribution < 1.29 is 32.3 Å². The molecule has 2 aromatic rings. The van der Waals surface area contributed by atoms with Crippen LogP contribution in [0, 0.1) is 17.7 Å². The zero-order chi connectivity index (χ0) is 24.8. The first kappa shape index (κ1) is 25.6. The van der Waals surface area contributed by atoms with Crippen LogP contribution < -0.4 is 11.1 Å². The Morgan fingerprint density at radius 2 is 2.03 bits per heavy atom. The van der Waals surface area contributed by atoms with Crippen LogP contribution in [0.25, 0.3) is 11.3 Å². The van der Waals surface area contributed by atoms with E-state index in [-0.39, 0.29) is 24.2 Å². The van der Waals surface area contributed by atoms with Crippen molar-refractivity contribution in [2.45, 2.75) is 25.1 Å². The number of anilines is 1. The summed E-state index contributed by atoms with van der Waals surface area (Å²) in [7, 11) is 1.56. The van der Waals surface area contributed by atoms with Gasteiger partial charge in [-0.1, -0.05) is 24.0 Å². The Morgan fingerprint density at radius 3 is 2.64 bits per heavy atom. The Bertz CT molecular complexity index is 1090. The van der Waals surface area contributed by atoms with Crippen LogP contribution in [0.1, 0.15) is 29.4 Å². The van der Waals surface area contributed by atoms with Gasteiger partial charge in [0.2, 0.25) is 6.41 Å². The lowest BCUT2D eigenvalue weighted by Crippen LogP contribution is -2.29. The highest BCUT2D eigenvalue weighted by Gasteiger charge is 2.28. The number of aromatic nitrogens is 1. The fourth-order valence-corrected chi connectivity index (χ4v) is 2.67. The molecule has 1 aromatic carbocycles. The lowest BCUT2D eigenvalue weighted by atomic mass is 10.0. The number of primary amides is 1. The van der Waals surface area contributed by atoms with Crippen molar-refractivity contribution in [1.82, 2.24) is 9.88 Å². The molecular formula is C22H22F4N4O3. The highest BCUT2D eigenvalue weighted by molar-refractivity contribution is 5.97. The minimum Gasteiger partial charge on any atom is -0.378 e. The molecule has 0 aliphatic heterocycles. The average molecular weight is 466 g/mol. The number of nitrogens with zero attached hydrogens (tertiary/aromatic N) is 2. The van der Waals surface area contributed by atoms with E-state index in [0.717, 1.165) is 6.07 Å². The third kappa shape index (κ3) is 7.76. The van der Waals surface area contributed by atoms with E-state index in [2.05, 4.69) is 16.8 Å². The minimum atomic E-state index is -4.60. The first-order valence-electron chi connectivity index (χ1n) is 9.64. The van der Waals surface area contributed by atoms with Crippen LogP contribution in [-0.4, -0.2) is 59.2 Å². The summed E-state index contributed by atoms with van der Waals surface area (Å²) in [4.78, 5) is 27.5. The van der Waals surface area contributed by atoms with Crippen molar-refractivity contribution in [2.75, 3.05) is 25.5 Å². The summed E-state index contributed by atoms with van der Waals surface area (Å²) in [5, 5.41) is 12.3. The molecule has 0 radical (unpaired) electrons. The average Bonchev–Trinajstić information content (AvgIpc) is 2.74. The molecule has 1 heterocycles. The number of hydrogen-bond acceptors (Lipinski definition) is 5. The van der Waals surface area contributed by atoms with Crippen LogP contribution >= 0.6 is 0 Å². The number of rotatable bonds is 8. The largest absolute Gasteiger partial charge is 0.405 e. The predicted molar refractivity (Wildman–Crippen MR) is 114 cm³/mol. The van der Waals surface area contributed by atoms with Crippen LogP contribution in [0.4, 0.5) is 23.2 Å². The van der Waals surface area contributed by atoms with E-state index in [4.69, 9.17) is 5.73 Å². The van der Waals surface area contributed by atoms with Gasteiger partial charge < -0.3 is 21.1 Å². The van der Waals surface area contributed by atoms with Crippen LogP contribution in [0.2, 0.25) is 0 Å². The molecular weight excluding hydrogens is 444 g/mol. The van der Waals surface area contributed by atoms with Gasteiger partial charge in [0, 0.05) is 37.2 Å². The van der Waals surface area contributed by atoms with Crippen molar-refractivity contribution >= 4 is 18.0 Å². The van der Waals surface area contributed by atoms with E-state index in [1.807, 2.05) is 5.32 Å². The zero-order valence-electron chi connectivity index (χ0n) is 17.8. The maximum atomic E-state index is 14.7. The minimum absolute atomic E-state index is 0.194. The third-order valence-corrected chi connectivity index (χ3v) is 4.43. The Balaban J connectivity index is 2.35. The lowest BCUT2D eigenvalue weighted by Gasteiger charge is -2.19. The second-order valence-electron chi connectivity index (χ2n) is 7.49. The van der Waals surface area contributed by atoms with Crippen molar-refractivity contribution in [3.8, 4) is 23.1 Å². The normalized spacial score (nSPS) is 12.8. The van der Waals surface area contributed by atoms with E-state index in [1.54, 1.807) is 13.1 Å². The van der Waals surface area contributed by atoms with Gasteiger partial charge in [-0.15, -0.1) is 0 Å².